The van der Waals surface area contributed by atoms with E-state index >= 15 is 0 Å². The number of halogens is 3. The van der Waals surface area contributed by atoms with Crippen LogP contribution in [0.3, 0.4) is 0 Å². The first-order valence-corrected chi connectivity index (χ1v) is 10.3. The van der Waals surface area contributed by atoms with E-state index in [1.807, 2.05) is 15.9 Å². The molecule has 10 heteroatoms. The first-order chi connectivity index (χ1) is 14.8. The molecule has 0 radical (unpaired) electrons. The molecule has 0 spiro atoms. The van der Waals surface area contributed by atoms with Gasteiger partial charge in [0.2, 0.25) is 0 Å². The predicted octanol–water partition coefficient (Wildman–Crippen LogP) is 2.87. The lowest BCUT2D eigenvalue weighted by Crippen LogP contribution is -2.47. The summed E-state index contributed by atoms with van der Waals surface area (Å²) in [6.45, 7) is 2.15. The molecule has 160 valence electrons. The summed E-state index contributed by atoms with van der Waals surface area (Å²) >= 11 is 3.35. The van der Waals surface area contributed by atoms with Crippen LogP contribution in [-0.2, 0) is 13.6 Å². The highest BCUT2D eigenvalue weighted by Gasteiger charge is 2.26. The molecule has 0 amide bonds. The number of nitriles is 1. The Kier molecular flexibility index (Phi) is 5.64. The maximum atomic E-state index is 13.6. The van der Waals surface area contributed by atoms with Crippen LogP contribution in [0, 0.1) is 23.0 Å². The highest BCUT2D eigenvalue weighted by atomic mass is 79.9. The zero-order valence-electron chi connectivity index (χ0n) is 16.6. The summed E-state index contributed by atoms with van der Waals surface area (Å²) in [5.41, 5.74) is 1.46. The standard InChI is InChI=1S/C21H18BrF2N5O2/c1-27-16-2-3-17(22)26-18(16)19(14(10-25)21(27)31)29-6-4-28(5-7-29)11-12-8-13(23)9-15(24)20(12)30/h2-3,8-9,30H,4-7,11H2,1H3. The van der Waals surface area contributed by atoms with Gasteiger partial charge < -0.3 is 14.6 Å². The molecule has 3 aromatic rings. The van der Waals surface area contributed by atoms with Crippen LogP contribution >= 0.6 is 15.9 Å². The van der Waals surface area contributed by atoms with Crippen molar-refractivity contribution < 1.29 is 13.9 Å². The zero-order chi connectivity index (χ0) is 22.3. The van der Waals surface area contributed by atoms with Crippen molar-refractivity contribution in [1.29, 1.82) is 5.26 Å². The fraction of sp³-hybridized carbons (Fsp3) is 0.286. The van der Waals surface area contributed by atoms with E-state index in [-0.39, 0.29) is 17.7 Å². The van der Waals surface area contributed by atoms with E-state index in [2.05, 4.69) is 20.9 Å². The van der Waals surface area contributed by atoms with Gasteiger partial charge in [0, 0.05) is 51.4 Å². The number of aryl methyl sites for hydroxylation is 1. The molecule has 1 fully saturated rings. The van der Waals surface area contributed by atoms with E-state index < -0.39 is 22.9 Å². The van der Waals surface area contributed by atoms with Gasteiger partial charge in [-0.3, -0.25) is 9.69 Å². The van der Waals surface area contributed by atoms with Gasteiger partial charge in [0.05, 0.1) is 11.2 Å². The minimum absolute atomic E-state index is 0.0268. The van der Waals surface area contributed by atoms with Gasteiger partial charge in [0.15, 0.2) is 11.6 Å². The third kappa shape index (κ3) is 3.86. The third-order valence-electron chi connectivity index (χ3n) is 5.48. The van der Waals surface area contributed by atoms with E-state index in [9.17, 15) is 23.9 Å². The Labute approximate surface area is 184 Å². The van der Waals surface area contributed by atoms with Crippen LogP contribution in [0.25, 0.3) is 11.0 Å². The molecular formula is C21H18BrF2N5O2. The number of fused-ring (bicyclic) bond motifs is 1. The number of aromatic nitrogens is 2. The summed E-state index contributed by atoms with van der Waals surface area (Å²) in [5, 5.41) is 19.6. The maximum Gasteiger partial charge on any atom is 0.270 e. The molecule has 1 aliphatic rings. The molecule has 0 saturated carbocycles. The number of aromatic hydroxyl groups is 1. The van der Waals surface area contributed by atoms with Gasteiger partial charge in [-0.25, -0.2) is 13.8 Å². The number of hydrogen-bond donors (Lipinski definition) is 1. The van der Waals surface area contributed by atoms with Gasteiger partial charge in [-0.15, -0.1) is 0 Å². The van der Waals surface area contributed by atoms with Crippen LogP contribution in [-0.4, -0.2) is 45.7 Å². The molecule has 1 aromatic carbocycles. The first kappa shape index (κ1) is 21.2. The largest absolute Gasteiger partial charge is 0.505 e. The van der Waals surface area contributed by atoms with E-state index in [0.29, 0.717) is 53.6 Å². The monoisotopic (exact) mass is 489 g/mol. The lowest BCUT2D eigenvalue weighted by Gasteiger charge is -2.36. The minimum atomic E-state index is -0.990. The summed E-state index contributed by atoms with van der Waals surface area (Å²) in [6, 6.07) is 7.30. The Hall–Kier alpha value is -3.03. The average molecular weight is 490 g/mol. The first-order valence-electron chi connectivity index (χ1n) is 9.53. The second-order valence-corrected chi connectivity index (χ2v) is 8.17. The molecule has 0 bridgehead atoms. The van der Waals surface area contributed by atoms with Gasteiger partial charge >= 0.3 is 0 Å². The normalized spacial score (nSPS) is 14.7. The second kappa shape index (κ2) is 8.24. The van der Waals surface area contributed by atoms with E-state index in [4.69, 9.17) is 0 Å². The van der Waals surface area contributed by atoms with Crippen molar-refractivity contribution in [3.63, 3.8) is 0 Å². The quantitative estimate of drug-likeness (QED) is 0.569. The molecule has 3 heterocycles. The number of benzene rings is 1. The number of rotatable bonds is 3. The molecule has 0 aliphatic carbocycles. The van der Waals surface area contributed by atoms with Crippen molar-refractivity contribution in [2.75, 3.05) is 31.1 Å². The van der Waals surface area contributed by atoms with Gasteiger partial charge in [-0.2, -0.15) is 5.26 Å². The summed E-state index contributed by atoms with van der Waals surface area (Å²) in [6.07, 6.45) is 0. The highest BCUT2D eigenvalue weighted by molar-refractivity contribution is 9.10. The number of pyridine rings is 2. The van der Waals surface area contributed by atoms with Crippen LogP contribution in [0.1, 0.15) is 11.1 Å². The lowest BCUT2D eigenvalue weighted by atomic mass is 10.1. The Morgan fingerprint density at radius 1 is 1.23 bits per heavy atom. The van der Waals surface area contributed by atoms with Gasteiger partial charge in [0.1, 0.15) is 27.6 Å². The fourth-order valence-corrected chi connectivity index (χ4v) is 4.20. The van der Waals surface area contributed by atoms with Crippen LogP contribution in [0.2, 0.25) is 0 Å². The summed E-state index contributed by atoms with van der Waals surface area (Å²) in [4.78, 5) is 21.1. The molecule has 1 saturated heterocycles. The second-order valence-electron chi connectivity index (χ2n) is 7.36. The molecule has 1 aliphatic heterocycles. The van der Waals surface area contributed by atoms with Crippen molar-refractivity contribution in [2.45, 2.75) is 6.54 Å². The Morgan fingerprint density at radius 2 is 1.94 bits per heavy atom. The van der Waals surface area contributed by atoms with E-state index in [1.165, 1.54) is 4.57 Å². The Bertz CT molecular complexity index is 1280. The molecule has 4 rings (SSSR count). The van der Waals surface area contributed by atoms with Crippen LogP contribution in [0.4, 0.5) is 14.5 Å². The Morgan fingerprint density at radius 3 is 2.61 bits per heavy atom. The van der Waals surface area contributed by atoms with Crippen molar-refractivity contribution in [3.05, 3.63) is 62.0 Å². The number of hydrogen-bond acceptors (Lipinski definition) is 6. The topological polar surface area (TPSA) is 85.4 Å². The van der Waals surface area contributed by atoms with Gasteiger partial charge in [-0.1, -0.05) is 0 Å². The number of piperazine rings is 1. The van der Waals surface area contributed by atoms with E-state index in [1.54, 1.807) is 19.2 Å². The SMILES string of the molecule is Cn1c(=O)c(C#N)c(N2CCN(Cc3cc(F)cc(F)c3O)CC2)c2nc(Br)ccc21. The Balaban J connectivity index is 1.64. The highest BCUT2D eigenvalue weighted by Crippen LogP contribution is 2.30. The molecule has 2 aromatic heterocycles. The zero-order valence-corrected chi connectivity index (χ0v) is 18.2. The summed E-state index contributed by atoms with van der Waals surface area (Å²) in [7, 11) is 1.60. The predicted molar refractivity (Wildman–Crippen MR) is 115 cm³/mol. The molecule has 31 heavy (non-hydrogen) atoms. The summed E-state index contributed by atoms with van der Waals surface area (Å²) < 4.78 is 29.2. The van der Waals surface area contributed by atoms with Gasteiger partial charge in [0.25, 0.3) is 5.56 Å². The third-order valence-corrected chi connectivity index (χ3v) is 5.92. The number of anilines is 1. The van der Waals surface area contributed by atoms with Crippen LogP contribution in [0.15, 0.2) is 33.7 Å². The van der Waals surface area contributed by atoms with Crippen LogP contribution in [0.5, 0.6) is 5.75 Å². The number of nitrogens with zero attached hydrogens (tertiary/aromatic N) is 5. The minimum Gasteiger partial charge on any atom is -0.505 e. The van der Waals surface area contributed by atoms with Crippen molar-refractivity contribution in [3.8, 4) is 11.8 Å². The molecular weight excluding hydrogens is 472 g/mol. The summed E-state index contributed by atoms with van der Waals surface area (Å²) in [5.74, 6) is -2.29. The van der Waals surface area contributed by atoms with Crippen molar-refractivity contribution in [2.24, 2.45) is 7.05 Å². The van der Waals surface area contributed by atoms with Crippen molar-refractivity contribution in [1.82, 2.24) is 14.5 Å². The lowest BCUT2D eigenvalue weighted by molar-refractivity contribution is 0.245. The molecule has 0 unspecified atom stereocenters. The van der Waals surface area contributed by atoms with Crippen molar-refractivity contribution >= 4 is 32.7 Å². The van der Waals surface area contributed by atoms with Gasteiger partial charge in [-0.05, 0) is 34.1 Å². The maximum absolute atomic E-state index is 13.6. The molecule has 0 atom stereocenters. The average Bonchev–Trinajstić information content (AvgIpc) is 2.74. The number of phenols is 1. The van der Waals surface area contributed by atoms with E-state index in [0.717, 1.165) is 6.07 Å². The molecule has 7 nitrogen and oxygen atoms in total. The smallest absolute Gasteiger partial charge is 0.270 e. The fourth-order valence-electron chi connectivity index (χ4n) is 3.89. The van der Waals surface area contributed by atoms with Crippen LogP contribution < -0.4 is 10.5 Å². The number of phenolic OH excluding ortho intramolecular Hbond substituents is 1. The molecule has 1 N–H and O–H groups in total.